The van der Waals surface area contributed by atoms with Crippen LogP contribution < -0.4 is 0 Å². The molecule has 1 saturated heterocycles. The maximum atomic E-state index is 10.1. The SMILES string of the molecule is [B]N1CCC(CC=O)CC1. The first-order valence-electron chi connectivity index (χ1n) is 3.76. The molecule has 2 nitrogen and oxygen atoms in total. The number of rotatable bonds is 2. The van der Waals surface area contributed by atoms with E-state index in [0.29, 0.717) is 12.3 Å². The molecule has 0 unspecified atom stereocenters. The van der Waals surface area contributed by atoms with Crippen LogP contribution in [0, 0.1) is 5.92 Å². The zero-order chi connectivity index (χ0) is 7.40. The van der Waals surface area contributed by atoms with Gasteiger partial charge in [-0.1, -0.05) is 0 Å². The maximum Gasteiger partial charge on any atom is 0.182 e. The Morgan fingerprint density at radius 2 is 2.10 bits per heavy atom. The van der Waals surface area contributed by atoms with Gasteiger partial charge >= 0.3 is 0 Å². The van der Waals surface area contributed by atoms with E-state index in [9.17, 15) is 4.79 Å². The van der Waals surface area contributed by atoms with Crippen LogP contribution in [0.25, 0.3) is 0 Å². The van der Waals surface area contributed by atoms with Crippen LogP contribution in [0.15, 0.2) is 0 Å². The fraction of sp³-hybridized carbons (Fsp3) is 0.857. The molecule has 3 heteroatoms. The lowest BCUT2D eigenvalue weighted by Crippen LogP contribution is -2.31. The van der Waals surface area contributed by atoms with Crippen LogP contribution in [0.3, 0.4) is 0 Å². The van der Waals surface area contributed by atoms with Gasteiger partial charge in [0.1, 0.15) is 6.29 Å². The molecule has 1 aliphatic rings. The van der Waals surface area contributed by atoms with E-state index < -0.39 is 0 Å². The Hall–Kier alpha value is -0.305. The average Bonchev–Trinajstić information content (AvgIpc) is 1.95. The van der Waals surface area contributed by atoms with Crippen LogP contribution in [-0.2, 0) is 4.79 Å². The standard InChI is InChI=1S/C7H12BNO/c8-9-4-1-7(2-5-9)3-6-10/h6-7H,1-5H2. The number of aldehydes is 1. The lowest BCUT2D eigenvalue weighted by Gasteiger charge is -2.28. The number of carbonyl (C=O) groups is 1. The second-order valence-electron chi connectivity index (χ2n) is 2.88. The Kier molecular flexibility index (Phi) is 2.94. The molecule has 2 radical (unpaired) electrons. The fourth-order valence-corrected chi connectivity index (χ4v) is 1.32. The van der Waals surface area contributed by atoms with Gasteiger partial charge in [0.05, 0.1) is 0 Å². The maximum absolute atomic E-state index is 10.1. The van der Waals surface area contributed by atoms with Crippen LogP contribution in [0.2, 0.25) is 0 Å². The second kappa shape index (κ2) is 3.76. The first-order chi connectivity index (χ1) is 4.83. The molecule has 1 fully saturated rings. The molecule has 0 atom stereocenters. The molecule has 1 rings (SSSR count). The van der Waals surface area contributed by atoms with Gasteiger partial charge in [-0.05, 0) is 31.8 Å². The average molecular weight is 137 g/mol. The highest BCUT2D eigenvalue weighted by atomic mass is 16.1. The van der Waals surface area contributed by atoms with E-state index in [4.69, 9.17) is 7.98 Å². The van der Waals surface area contributed by atoms with E-state index in [-0.39, 0.29) is 0 Å². The highest BCUT2D eigenvalue weighted by Gasteiger charge is 2.14. The first kappa shape index (κ1) is 7.80. The summed E-state index contributed by atoms with van der Waals surface area (Å²) in [5, 5.41) is 0. The zero-order valence-electron chi connectivity index (χ0n) is 6.12. The van der Waals surface area contributed by atoms with Gasteiger partial charge < -0.3 is 9.61 Å². The Morgan fingerprint density at radius 3 is 2.60 bits per heavy atom. The van der Waals surface area contributed by atoms with E-state index in [1.807, 2.05) is 4.81 Å². The summed E-state index contributed by atoms with van der Waals surface area (Å²) in [6, 6.07) is 0. The highest BCUT2D eigenvalue weighted by molar-refractivity contribution is 6.04. The molecule has 0 aliphatic carbocycles. The highest BCUT2D eigenvalue weighted by Crippen LogP contribution is 2.17. The van der Waals surface area contributed by atoms with Crippen molar-refractivity contribution in [2.24, 2.45) is 5.92 Å². The molecule has 0 aromatic heterocycles. The van der Waals surface area contributed by atoms with Gasteiger partial charge in [-0.25, -0.2) is 0 Å². The molecule has 0 amide bonds. The van der Waals surface area contributed by atoms with Gasteiger partial charge in [-0.3, -0.25) is 0 Å². The Labute approximate surface area is 63.0 Å². The molecule has 0 N–H and O–H groups in total. The molecule has 1 aliphatic heterocycles. The zero-order valence-corrected chi connectivity index (χ0v) is 6.12. The van der Waals surface area contributed by atoms with E-state index >= 15 is 0 Å². The van der Waals surface area contributed by atoms with E-state index in [1.165, 1.54) is 0 Å². The largest absolute Gasteiger partial charge is 0.353 e. The number of carbonyl (C=O) groups excluding carboxylic acids is 1. The summed E-state index contributed by atoms with van der Waals surface area (Å²) >= 11 is 0. The third kappa shape index (κ3) is 2.14. The van der Waals surface area contributed by atoms with Crippen molar-refractivity contribution in [3.63, 3.8) is 0 Å². The van der Waals surface area contributed by atoms with Crippen LogP contribution >= 0.6 is 0 Å². The van der Waals surface area contributed by atoms with Gasteiger partial charge in [-0.15, -0.1) is 0 Å². The van der Waals surface area contributed by atoms with Crippen molar-refractivity contribution in [2.75, 3.05) is 13.1 Å². The summed E-state index contributed by atoms with van der Waals surface area (Å²) in [5.74, 6) is 0.595. The number of nitrogens with zero attached hydrogens (tertiary/aromatic N) is 1. The van der Waals surface area contributed by atoms with Crippen molar-refractivity contribution in [1.29, 1.82) is 0 Å². The molecule has 1 heterocycles. The molecule has 0 aromatic carbocycles. The van der Waals surface area contributed by atoms with Crippen LogP contribution in [0.5, 0.6) is 0 Å². The van der Waals surface area contributed by atoms with Crippen LogP contribution in [0.4, 0.5) is 0 Å². The third-order valence-corrected chi connectivity index (χ3v) is 2.08. The van der Waals surface area contributed by atoms with Gasteiger partial charge in [-0.2, -0.15) is 0 Å². The van der Waals surface area contributed by atoms with E-state index in [0.717, 1.165) is 32.2 Å². The lowest BCUT2D eigenvalue weighted by molar-refractivity contribution is -0.108. The van der Waals surface area contributed by atoms with Gasteiger partial charge in [0.2, 0.25) is 0 Å². The molecule has 0 aromatic rings. The minimum Gasteiger partial charge on any atom is -0.353 e. The summed E-state index contributed by atoms with van der Waals surface area (Å²) in [6.45, 7) is 1.89. The van der Waals surface area contributed by atoms with Gasteiger partial charge in [0.15, 0.2) is 7.98 Å². The Morgan fingerprint density at radius 1 is 1.50 bits per heavy atom. The van der Waals surface area contributed by atoms with Crippen molar-refractivity contribution in [2.45, 2.75) is 19.3 Å². The van der Waals surface area contributed by atoms with Crippen molar-refractivity contribution >= 4 is 14.3 Å². The molecular weight excluding hydrogens is 125 g/mol. The summed E-state index contributed by atoms with van der Waals surface area (Å²) in [7, 11) is 5.54. The van der Waals surface area contributed by atoms with Crippen molar-refractivity contribution in [3.05, 3.63) is 0 Å². The molecular formula is C7H12BNO. The topological polar surface area (TPSA) is 20.3 Å². The van der Waals surface area contributed by atoms with Gasteiger partial charge in [0, 0.05) is 6.42 Å². The van der Waals surface area contributed by atoms with Crippen LogP contribution in [0.1, 0.15) is 19.3 Å². The number of piperidine rings is 1. The molecule has 0 saturated carbocycles. The lowest BCUT2D eigenvalue weighted by atomic mass is 9.93. The first-order valence-corrected chi connectivity index (χ1v) is 3.76. The third-order valence-electron chi connectivity index (χ3n) is 2.08. The minimum absolute atomic E-state index is 0.595. The second-order valence-corrected chi connectivity index (χ2v) is 2.88. The van der Waals surface area contributed by atoms with E-state index in [2.05, 4.69) is 0 Å². The van der Waals surface area contributed by atoms with Crippen molar-refractivity contribution < 1.29 is 4.79 Å². The molecule has 0 bridgehead atoms. The summed E-state index contributed by atoms with van der Waals surface area (Å²) in [6.07, 6.45) is 3.88. The number of hydrogen-bond donors (Lipinski definition) is 0. The molecule has 0 spiro atoms. The minimum atomic E-state index is 0.595. The summed E-state index contributed by atoms with van der Waals surface area (Å²) in [4.78, 5) is 11.9. The normalized spacial score (nSPS) is 22.8. The monoisotopic (exact) mass is 137 g/mol. The van der Waals surface area contributed by atoms with Crippen LogP contribution in [-0.4, -0.2) is 32.2 Å². The Bertz CT molecular complexity index is 110. The predicted octanol–water partition coefficient (Wildman–Crippen LogP) is 0.371. The predicted molar refractivity (Wildman–Crippen MR) is 40.7 cm³/mol. The molecule has 54 valence electrons. The summed E-state index contributed by atoms with van der Waals surface area (Å²) in [5.41, 5.74) is 0. The smallest absolute Gasteiger partial charge is 0.182 e. The quantitative estimate of drug-likeness (QED) is 0.404. The van der Waals surface area contributed by atoms with Gasteiger partial charge in [0.25, 0.3) is 0 Å². The summed E-state index contributed by atoms with van der Waals surface area (Å²) < 4.78 is 0. The van der Waals surface area contributed by atoms with Crippen molar-refractivity contribution in [3.8, 4) is 0 Å². The Balaban J connectivity index is 2.19. The number of hydrogen-bond acceptors (Lipinski definition) is 2. The van der Waals surface area contributed by atoms with Crippen molar-refractivity contribution in [1.82, 2.24) is 4.81 Å². The van der Waals surface area contributed by atoms with E-state index in [1.54, 1.807) is 0 Å². The molecule has 10 heavy (non-hydrogen) atoms. The fourth-order valence-electron chi connectivity index (χ4n) is 1.32.